The first-order valence-electron chi connectivity index (χ1n) is 10.2. The number of H-pyrrole nitrogens is 1. The Kier molecular flexibility index (Phi) is 5.68. The molecule has 0 bridgehead atoms. The maximum absolute atomic E-state index is 13.1. The van der Waals surface area contributed by atoms with Gasteiger partial charge in [0.05, 0.1) is 17.2 Å². The number of carbonyl (C=O) groups is 5. The van der Waals surface area contributed by atoms with Crippen LogP contribution in [0.5, 0.6) is 0 Å². The van der Waals surface area contributed by atoms with Gasteiger partial charge in [0.25, 0.3) is 17.7 Å². The molecule has 0 spiro atoms. The Hall–Kier alpha value is -4.07. The van der Waals surface area contributed by atoms with E-state index in [0.717, 1.165) is 15.8 Å². The van der Waals surface area contributed by atoms with Crippen LogP contribution in [0.1, 0.15) is 56.5 Å². The summed E-state index contributed by atoms with van der Waals surface area (Å²) in [6.45, 7) is 1.32. The number of nitrogens with zero attached hydrogens (tertiary/aromatic N) is 1. The van der Waals surface area contributed by atoms with Crippen molar-refractivity contribution < 1.29 is 24.0 Å². The summed E-state index contributed by atoms with van der Waals surface area (Å²) in [6.07, 6.45) is 0.793. The molecule has 2 aromatic carbocycles. The molecule has 0 saturated heterocycles. The molecule has 0 saturated carbocycles. The van der Waals surface area contributed by atoms with E-state index in [-0.39, 0.29) is 42.2 Å². The fourth-order valence-corrected chi connectivity index (χ4v) is 4.01. The Labute approximate surface area is 183 Å². The molecule has 3 aromatic rings. The van der Waals surface area contributed by atoms with Crippen LogP contribution >= 0.6 is 0 Å². The minimum Gasteiger partial charge on any atom is -0.351 e. The fraction of sp³-hybridized carbons (Fsp3) is 0.208. The largest absolute Gasteiger partial charge is 0.351 e. The quantitative estimate of drug-likeness (QED) is 0.420. The van der Waals surface area contributed by atoms with Gasteiger partial charge in [-0.05, 0) is 37.1 Å². The lowest BCUT2D eigenvalue weighted by Gasteiger charge is -2.23. The number of imide groups is 1. The van der Waals surface area contributed by atoms with Crippen LogP contribution in [0.4, 0.5) is 0 Å². The fourth-order valence-electron chi connectivity index (χ4n) is 4.01. The average Bonchev–Trinajstić information content (AvgIpc) is 3.33. The molecule has 1 unspecified atom stereocenters. The van der Waals surface area contributed by atoms with Crippen molar-refractivity contribution in [3.05, 3.63) is 70.9 Å². The molecule has 2 N–H and O–H groups in total. The molecule has 1 aliphatic heterocycles. The highest BCUT2D eigenvalue weighted by atomic mass is 16.2. The summed E-state index contributed by atoms with van der Waals surface area (Å²) in [6, 6.07) is 13.1. The number of aromatic amines is 1. The Balaban J connectivity index is 1.56. The topological polar surface area (TPSA) is 116 Å². The van der Waals surface area contributed by atoms with Gasteiger partial charge < -0.3 is 15.1 Å². The molecule has 0 aliphatic carbocycles. The molecule has 4 rings (SSSR count). The van der Waals surface area contributed by atoms with Gasteiger partial charge in [-0.1, -0.05) is 30.3 Å². The van der Waals surface area contributed by atoms with E-state index in [4.69, 9.17) is 0 Å². The highest BCUT2D eigenvalue weighted by Crippen LogP contribution is 2.29. The molecule has 1 aliphatic rings. The Morgan fingerprint density at radius 3 is 2.59 bits per heavy atom. The lowest BCUT2D eigenvalue weighted by molar-refractivity contribution is -0.121. The van der Waals surface area contributed by atoms with E-state index in [2.05, 4.69) is 10.3 Å². The van der Waals surface area contributed by atoms with Crippen LogP contribution in [-0.2, 0) is 16.1 Å². The number of hydrogen-bond donors (Lipinski definition) is 2. The van der Waals surface area contributed by atoms with Gasteiger partial charge in [-0.15, -0.1) is 0 Å². The van der Waals surface area contributed by atoms with Gasteiger partial charge >= 0.3 is 0 Å². The van der Waals surface area contributed by atoms with Gasteiger partial charge in [-0.2, -0.15) is 0 Å². The van der Waals surface area contributed by atoms with Crippen LogP contribution in [0.3, 0.4) is 0 Å². The average molecular weight is 431 g/mol. The van der Waals surface area contributed by atoms with Crippen LogP contribution in [-0.4, -0.2) is 45.7 Å². The number of hydrogen-bond acceptors (Lipinski definition) is 5. The molecule has 1 atom stereocenters. The molecule has 1 aromatic heterocycles. The molecule has 162 valence electrons. The summed E-state index contributed by atoms with van der Waals surface area (Å²) in [5.41, 5.74) is 2.05. The number of rotatable bonds is 8. The first kappa shape index (κ1) is 21.2. The molecular weight excluding hydrogens is 410 g/mol. The van der Waals surface area contributed by atoms with Crippen molar-refractivity contribution in [3.63, 3.8) is 0 Å². The summed E-state index contributed by atoms with van der Waals surface area (Å²) >= 11 is 0. The van der Waals surface area contributed by atoms with Crippen molar-refractivity contribution in [1.82, 2.24) is 15.2 Å². The standard InChI is InChI=1S/C24H21N3O5/c1-14(29)20(10-5-11-28)27-23(31)17-8-4-7-16(21(17)24(27)32)13-25-22(30)19-12-15-6-2-3-9-18(15)26-19/h2-4,6-9,11-12,20,26H,5,10,13H2,1H3,(H,25,30). The van der Waals surface area contributed by atoms with Crippen LogP contribution in [0.2, 0.25) is 0 Å². The van der Waals surface area contributed by atoms with Crippen LogP contribution < -0.4 is 5.32 Å². The molecule has 3 amide bonds. The van der Waals surface area contributed by atoms with Gasteiger partial charge in [-0.25, -0.2) is 0 Å². The first-order valence-corrected chi connectivity index (χ1v) is 10.2. The number of aldehydes is 1. The second kappa shape index (κ2) is 8.58. The molecule has 2 heterocycles. The van der Waals surface area contributed by atoms with Crippen molar-refractivity contribution in [2.45, 2.75) is 32.4 Å². The van der Waals surface area contributed by atoms with Crippen LogP contribution in [0, 0.1) is 0 Å². The van der Waals surface area contributed by atoms with Gasteiger partial charge in [0.2, 0.25) is 0 Å². The smallest absolute Gasteiger partial charge is 0.267 e. The first-order chi connectivity index (χ1) is 15.4. The number of amides is 3. The van der Waals surface area contributed by atoms with Crippen molar-refractivity contribution in [2.24, 2.45) is 0 Å². The highest BCUT2D eigenvalue weighted by Gasteiger charge is 2.42. The summed E-state index contributed by atoms with van der Waals surface area (Å²) in [7, 11) is 0. The number of nitrogens with one attached hydrogen (secondary N) is 2. The summed E-state index contributed by atoms with van der Waals surface area (Å²) < 4.78 is 0. The van der Waals surface area contributed by atoms with E-state index in [1.165, 1.54) is 13.0 Å². The van der Waals surface area contributed by atoms with Gasteiger partial charge in [0.15, 0.2) is 5.78 Å². The number of Topliss-reactive ketones (excluding diaryl/α,β-unsaturated/α-hetero) is 1. The van der Waals surface area contributed by atoms with Crippen molar-refractivity contribution in [2.75, 3.05) is 0 Å². The van der Waals surface area contributed by atoms with E-state index in [1.54, 1.807) is 18.2 Å². The lowest BCUT2D eigenvalue weighted by Crippen LogP contribution is -2.44. The number of benzene rings is 2. The molecule has 8 nitrogen and oxygen atoms in total. The van der Waals surface area contributed by atoms with E-state index in [0.29, 0.717) is 17.5 Å². The second-order valence-corrected chi connectivity index (χ2v) is 7.64. The van der Waals surface area contributed by atoms with Crippen molar-refractivity contribution in [3.8, 4) is 0 Å². The molecule has 8 heteroatoms. The Morgan fingerprint density at radius 2 is 1.88 bits per heavy atom. The third-order valence-electron chi connectivity index (χ3n) is 5.59. The van der Waals surface area contributed by atoms with Crippen LogP contribution in [0.25, 0.3) is 10.9 Å². The normalized spacial score (nSPS) is 13.8. The minimum atomic E-state index is -0.999. The van der Waals surface area contributed by atoms with Gasteiger partial charge in [-0.3, -0.25) is 24.1 Å². The van der Waals surface area contributed by atoms with Gasteiger partial charge in [0.1, 0.15) is 12.0 Å². The highest BCUT2D eigenvalue weighted by molar-refractivity contribution is 6.23. The minimum absolute atomic E-state index is 0.0311. The lowest BCUT2D eigenvalue weighted by atomic mass is 10.0. The van der Waals surface area contributed by atoms with E-state index in [9.17, 15) is 24.0 Å². The Bertz CT molecular complexity index is 1230. The summed E-state index contributed by atoms with van der Waals surface area (Å²) in [5.74, 6) is -1.87. The summed E-state index contributed by atoms with van der Waals surface area (Å²) in [4.78, 5) is 65.5. The van der Waals surface area contributed by atoms with Crippen molar-refractivity contribution >= 4 is 40.7 Å². The summed E-state index contributed by atoms with van der Waals surface area (Å²) in [5, 5.41) is 3.68. The van der Waals surface area contributed by atoms with E-state index in [1.807, 2.05) is 24.3 Å². The maximum atomic E-state index is 13.1. The third-order valence-corrected chi connectivity index (χ3v) is 5.59. The molecule has 32 heavy (non-hydrogen) atoms. The maximum Gasteiger partial charge on any atom is 0.267 e. The zero-order valence-corrected chi connectivity index (χ0v) is 17.4. The van der Waals surface area contributed by atoms with Gasteiger partial charge in [0, 0.05) is 23.9 Å². The SMILES string of the molecule is CC(=O)C(CCC=O)N1C(=O)c2cccc(CNC(=O)c3cc4ccccc4[nH]3)c2C1=O. The van der Waals surface area contributed by atoms with Crippen LogP contribution in [0.15, 0.2) is 48.5 Å². The second-order valence-electron chi connectivity index (χ2n) is 7.64. The monoisotopic (exact) mass is 431 g/mol. The number of ketones is 1. The predicted molar refractivity (Wildman–Crippen MR) is 116 cm³/mol. The number of fused-ring (bicyclic) bond motifs is 2. The van der Waals surface area contributed by atoms with E-state index >= 15 is 0 Å². The predicted octanol–water partition coefficient (Wildman–Crippen LogP) is 2.63. The zero-order valence-electron chi connectivity index (χ0n) is 17.4. The van der Waals surface area contributed by atoms with E-state index < -0.39 is 17.9 Å². The molecule has 0 fully saturated rings. The molecular formula is C24H21N3O5. The third kappa shape index (κ3) is 3.71. The Morgan fingerprint density at radius 1 is 1.09 bits per heavy atom. The molecule has 0 radical (unpaired) electrons. The zero-order chi connectivity index (χ0) is 22.8. The van der Waals surface area contributed by atoms with Crippen molar-refractivity contribution in [1.29, 1.82) is 0 Å². The number of carbonyl (C=O) groups excluding carboxylic acids is 5. The number of aromatic nitrogens is 1. The number of para-hydroxylation sites is 1.